The fraction of sp³-hybridized carbons (Fsp3) is 0.438. The summed E-state index contributed by atoms with van der Waals surface area (Å²) in [5, 5.41) is 2.39. The number of imide groups is 1. The summed E-state index contributed by atoms with van der Waals surface area (Å²) in [5.74, 6) is 1.18. The van der Waals surface area contributed by atoms with Gasteiger partial charge in [0.1, 0.15) is 5.75 Å². The first kappa shape index (κ1) is 14.8. The number of urea groups is 1. The van der Waals surface area contributed by atoms with Crippen LogP contribution in [0.3, 0.4) is 0 Å². The molecule has 2 fully saturated rings. The normalized spacial score (nSPS) is 25.5. The zero-order valence-electron chi connectivity index (χ0n) is 13.8. The zero-order valence-corrected chi connectivity index (χ0v) is 13.8. The largest absolute Gasteiger partial charge is 0.495 e. The van der Waals surface area contributed by atoms with E-state index < -0.39 is 18.2 Å². The molecule has 126 valence electrons. The summed E-state index contributed by atoms with van der Waals surface area (Å²) in [6.07, 6.45) is -0.486. The number of amides is 3. The summed E-state index contributed by atoms with van der Waals surface area (Å²) in [7, 11) is 3.29. The molecule has 0 aliphatic carbocycles. The van der Waals surface area contributed by atoms with Gasteiger partial charge in [0, 0.05) is 20.1 Å². The maximum Gasteiger partial charge on any atom is 0.325 e. The number of rotatable bonds is 2. The van der Waals surface area contributed by atoms with E-state index in [1.807, 2.05) is 30.0 Å². The number of carbonyl (C=O) groups is 2. The first-order valence-corrected chi connectivity index (χ1v) is 7.85. The molecule has 2 unspecified atom stereocenters. The van der Waals surface area contributed by atoms with E-state index in [9.17, 15) is 9.59 Å². The molecule has 2 atom stereocenters. The highest BCUT2D eigenvalue weighted by Gasteiger charge is 2.52. The summed E-state index contributed by atoms with van der Waals surface area (Å²) in [4.78, 5) is 34.3. The number of carbonyl (C=O) groups excluding carboxylic acids is 2. The highest BCUT2D eigenvalue weighted by molar-refractivity contribution is 6.08. The second-order valence-corrected chi connectivity index (χ2v) is 6.21. The molecule has 8 nitrogen and oxygen atoms in total. The Balaban J connectivity index is 1.74. The Bertz CT molecular complexity index is 762. The molecule has 0 radical (unpaired) electrons. The Kier molecular flexibility index (Phi) is 3.16. The third-order valence-electron chi connectivity index (χ3n) is 4.77. The minimum Gasteiger partial charge on any atom is -0.495 e. The number of likely N-dealkylation sites (N-methyl/N-ethyl adjacent to an activating group) is 1. The number of hydrogen-bond donors (Lipinski definition) is 1. The third-order valence-corrected chi connectivity index (χ3v) is 4.77. The number of guanidine groups is 1. The van der Waals surface area contributed by atoms with Gasteiger partial charge in [-0.05, 0) is 24.6 Å². The van der Waals surface area contributed by atoms with E-state index in [0.29, 0.717) is 19.0 Å². The van der Waals surface area contributed by atoms with Crippen LogP contribution in [-0.2, 0) is 4.79 Å². The van der Waals surface area contributed by atoms with E-state index in [-0.39, 0.29) is 5.91 Å². The van der Waals surface area contributed by atoms with Crippen molar-refractivity contribution in [1.82, 2.24) is 15.1 Å². The Morgan fingerprint density at radius 3 is 2.83 bits per heavy atom. The minimum atomic E-state index is -0.486. The molecule has 3 aliphatic heterocycles. The molecule has 0 bridgehead atoms. The van der Waals surface area contributed by atoms with Gasteiger partial charge in [0.05, 0.1) is 12.8 Å². The van der Waals surface area contributed by atoms with Crippen molar-refractivity contribution in [2.75, 3.05) is 32.1 Å². The predicted molar refractivity (Wildman–Crippen MR) is 88.1 cm³/mol. The molecule has 1 aromatic rings. The Hall–Kier alpha value is -2.77. The molecule has 3 heterocycles. The average molecular weight is 329 g/mol. The molecule has 3 amide bonds. The molecule has 1 aromatic carbocycles. The van der Waals surface area contributed by atoms with Crippen molar-refractivity contribution in [3.63, 3.8) is 0 Å². The predicted octanol–water partition coefficient (Wildman–Crippen LogP) is 0.372. The lowest BCUT2D eigenvalue weighted by Gasteiger charge is -2.34. The summed E-state index contributed by atoms with van der Waals surface area (Å²) in [5.41, 5.74) is 2.04. The van der Waals surface area contributed by atoms with Crippen molar-refractivity contribution in [2.45, 2.75) is 19.1 Å². The van der Waals surface area contributed by atoms with Crippen LogP contribution < -0.4 is 15.0 Å². The van der Waals surface area contributed by atoms with Crippen LogP contribution in [0, 0.1) is 6.92 Å². The van der Waals surface area contributed by atoms with Gasteiger partial charge in [0.25, 0.3) is 5.91 Å². The van der Waals surface area contributed by atoms with Crippen LogP contribution >= 0.6 is 0 Å². The van der Waals surface area contributed by atoms with Crippen LogP contribution in [0.25, 0.3) is 0 Å². The molecule has 0 spiro atoms. The van der Waals surface area contributed by atoms with E-state index >= 15 is 0 Å². The standard InChI is InChI=1S/C16H19N5O3/c1-9-4-5-11(24-3)10(8-9)20-6-7-21-12-13(17-15(20)21)19(2)16(23)18-14(12)22/h4-5,8,12-13H,6-7H2,1-3H3,(H,18,22,23). The number of methoxy groups -OCH3 is 1. The highest BCUT2D eigenvalue weighted by atomic mass is 16.5. The van der Waals surface area contributed by atoms with Crippen LogP contribution in [0.5, 0.6) is 5.75 Å². The molecule has 1 N–H and O–H groups in total. The lowest BCUT2D eigenvalue weighted by Crippen LogP contribution is -2.63. The van der Waals surface area contributed by atoms with Gasteiger partial charge in [-0.3, -0.25) is 10.1 Å². The van der Waals surface area contributed by atoms with E-state index in [1.54, 1.807) is 14.2 Å². The van der Waals surface area contributed by atoms with Crippen molar-refractivity contribution in [1.29, 1.82) is 0 Å². The van der Waals surface area contributed by atoms with Crippen molar-refractivity contribution < 1.29 is 14.3 Å². The van der Waals surface area contributed by atoms with Crippen molar-refractivity contribution >= 4 is 23.6 Å². The lowest BCUT2D eigenvalue weighted by molar-refractivity contribution is -0.126. The smallest absolute Gasteiger partial charge is 0.325 e. The fourth-order valence-corrected chi connectivity index (χ4v) is 3.52. The van der Waals surface area contributed by atoms with Crippen LogP contribution in [0.1, 0.15) is 5.56 Å². The maximum atomic E-state index is 12.3. The second-order valence-electron chi connectivity index (χ2n) is 6.21. The van der Waals surface area contributed by atoms with Gasteiger partial charge in [-0.15, -0.1) is 0 Å². The van der Waals surface area contributed by atoms with E-state index in [0.717, 1.165) is 17.0 Å². The quantitative estimate of drug-likeness (QED) is 0.848. The summed E-state index contributed by atoms with van der Waals surface area (Å²) >= 11 is 0. The van der Waals surface area contributed by atoms with Crippen molar-refractivity contribution in [3.05, 3.63) is 23.8 Å². The third kappa shape index (κ3) is 1.95. The number of benzene rings is 1. The minimum absolute atomic E-state index is 0.292. The van der Waals surface area contributed by atoms with Crippen molar-refractivity contribution in [2.24, 2.45) is 4.99 Å². The zero-order chi connectivity index (χ0) is 17.0. The first-order chi connectivity index (χ1) is 11.5. The maximum absolute atomic E-state index is 12.3. The van der Waals surface area contributed by atoms with Gasteiger partial charge >= 0.3 is 6.03 Å². The van der Waals surface area contributed by atoms with Gasteiger partial charge in [-0.25, -0.2) is 9.79 Å². The SMILES string of the molecule is COc1ccc(C)cc1N1CCN2C1=NC1C2C(=O)NC(=O)N1C. The second kappa shape index (κ2) is 5.12. The number of aryl methyl sites for hydroxylation is 1. The van der Waals surface area contributed by atoms with E-state index in [2.05, 4.69) is 15.2 Å². The number of ether oxygens (including phenoxy) is 1. The van der Waals surface area contributed by atoms with Gasteiger partial charge in [0.15, 0.2) is 12.2 Å². The van der Waals surface area contributed by atoms with Crippen LogP contribution in [0.15, 0.2) is 23.2 Å². The van der Waals surface area contributed by atoms with Crippen LogP contribution in [-0.4, -0.2) is 67.2 Å². The van der Waals surface area contributed by atoms with E-state index in [1.165, 1.54) is 4.90 Å². The monoisotopic (exact) mass is 329 g/mol. The van der Waals surface area contributed by atoms with Crippen LogP contribution in [0.2, 0.25) is 0 Å². The van der Waals surface area contributed by atoms with E-state index in [4.69, 9.17) is 4.74 Å². The number of nitrogens with one attached hydrogen (secondary N) is 1. The Morgan fingerprint density at radius 1 is 1.29 bits per heavy atom. The average Bonchev–Trinajstić information content (AvgIpc) is 3.11. The summed E-state index contributed by atoms with van der Waals surface area (Å²) < 4.78 is 5.48. The summed E-state index contributed by atoms with van der Waals surface area (Å²) in [6, 6.07) is 5.08. The molecule has 8 heteroatoms. The van der Waals surface area contributed by atoms with Gasteiger partial charge < -0.3 is 19.4 Å². The van der Waals surface area contributed by atoms with Gasteiger partial charge in [-0.1, -0.05) is 6.07 Å². The number of fused-ring (bicyclic) bond motifs is 3. The Labute approximate surface area is 139 Å². The number of hydrogen-bond acceptors (Lipinski definition) is 6. The number of nitrogens with zero attached hydrogens (tertiary/aromatic N) is 4. The lowest BCUT2D eigenvalue weighted by atomic mass is 10.1. The van der Waals surface area contributed by atoms with Crippen LogP contribution in [0.4, 0.5) is 10.5 Å². The number of anilines is 1. The summed E-state index contributed by atoms with van der Waals surface area (Å²) in [6.45, 7) is 3.41. The fourth-order valence-electron chi connectivity index (χ4n) is 3.52. The topological polar surface area (TPSA) is 77.5 Å². The highest BCUT2D eigenvalue weighted by Crippen LogP contribution is 2.36. The first-order valence-electron chi connectivity index (χ1n) is 7.85. The molecule has 4 rings (SSSR count). The number of aliphatic imine (C=N–C) groups is 1. The van der Waals surface area contributed by atoms with Gasteiger partial charge in [0.2, 0.25) is 5.96 Å². The molecular formula is C16H19N5O3. The molecule has 3 aliphatic rings. The van der Waals surface area contributed by atoms with Gasteiger partial charge in [-0.2, -0.15) is 0 Å². The molecule has 0 saturated carbocycles. The molecule has 2 saturated heterocycles. The molecule has 0 aromatic heterocycles. The molecular weight excluding hydrogens is 310 g/mol. The van der Waals surface area contributed by atoms with Crippen molar-refractivity contribution in [3.8, 4) is 5.75 Å². The Morgan fingerprint density at radius 2 is 2.08 bits per heavy atom. The molecule has 24 heavy (non-hydrogen) atoms.